The molecule has 0 saturated heterocycles. The van der Waals surface area contributed by atoms with Crippen molar-refractivity contribution < 1.29 is 9.18 Å². The van der Waals surface area contributed by atoms with Crippen LogP contribution in [-0.4, -0.2) is 30.5 Å². The zero-order valence-corrected chi connectivity index (χ0v) is 18.6. The Labute approximate surface area is 195 Å². The zero-order chi connectivity index (χ0) is 23.8. The van der Waals surface area contributed by atoms with Crippen LogP contribution >= 0.6 is 0 Å². The minimum absolute atomic E-state index is 0.0301. The molecule has 2 aromatic carbocycles. The summed E-state index contributed by atoms with van der Waals surface area (Å²) < 4.78 is 15.2. The van der Waals surface area contributed by atoms with E-state index in [9.17, 15) is 14.4 Å². The van der Waals surface area contributed by atoms with Gasteiger partial charge in [0.25, 0.3) is 0 Å². The first-order valence-corrected chi connectivity index (χ1v) is 10.9. The highest BCUT2D eigenvalue weighted by atomic mass is 19.1. The largest absolute Gasteiger partial charge is 0.314 e. The third kappa shape index (κ3) is 3.59. The number of hydrogen-bond donors (Lipinski definition) is 0. The second kappa shape index (κ2) is 8.48. The molecule has 0 aliphatic carbocycles. The predicted molar refractivity (Wildman–Crippen MR) is 122 cm³/mol. The Morgan fingerprint density at radius 1 is 1.18 bits per heavy atom. The quantitative estimate of drug-likeness (QED) is 0.413. The molecular formula is C25H20FN7O. The highest BCUT2D eigenvalue weighted by Crippen LogP contribution is 2.43. The molecule has 0 N–H and O–H groups in total. The van der Waals surface area contributed by atoms with Gasteiger partial charge in [-0.2, -0.15) is 5.26 Å². The number of halogens is 1. The van der Waals surface area contributed by atoms with Crippen LogP contribution in [0.2, 0.25) is 0 Å². The maximum atomic E-state index is 13.3. The van der Waals surface area contributed by atoms with Crippen LogP contribution in [0.15, 0.2) is 54.9 Å². The highest BCUT2D eigenvalue weighted by molar-refractivity contribution is 5.97. The second-order valence-corrected chi connectivity index (χ2v) is 8.02. The number of anilines is 2. The Morgan fingerprint density at radius 3 is 2.71 bits per heavy atom. The van der Waals surface area contributed by atoms with Gasteiger partial charge in [-0.05, 0) is 55.8 Å². The summed E-state index contributed by atoms with van der Waals surface area (Å²) in [5, 5.41) is 17.9. The van der Waals surface area contributed by atoms with Crippen LogP contribution in [0.4, 0.5) is 15.9 Å². The van der Waals surface area contributed by atoms with Gasteiger partial charge in [-0.25, -0.2) is 14.4 Å². The molecule has 1 atom stereocenters. The number of rotatable bonds is 5. The van der Waals surface area contributed by atoms with E-state index in [1.54, 1.807) is 18.5 Å². The number of nitrogens with zero attached hydrogens (tertiary/aromatic N) is 7. The summed E-state index contributed by atoms with van der Waals surface area (Å²) in [5.74, 6) is 1.12. The van der Waals surface area contributed by atoms with Gasteiger partial charge in [0.15, 0.2) is 17.4 Å². The Kier molecular flexibility index (Phi) is 5.34. The fourth-order valence-electron chi connectivity index (χ4n) is 4.32. The number of aryl methyl sites for hydroxylation is 1. The maximum absolute atomic E-state index is 13.3. The number of ketones is 1. The average Bonchev–Trinajstić information content (AvgIpc) is 3.32. The van der Waals surface area contributed by atoms with Gasteiger partial charge in [-0.15, -0.1) is 10.2 Å². The van der Waals surface area contributed by atoms with Crippen LogP contribution in [0, 0.1) is 24.1 Å². The summed E-state index contributed by atoms with van der Waals surface area (Å²) in [4.78, 5) is 24.3. The molecule has 1 aliphatic heterocycles. The van der Waals surface area contributed by atoms with Crippen molar-refractivity contribution in [1.82, 2.24) is 24.7 Å². The third-order valence-corrected chi connectivity index (χ3v) is 5.86. The van der Waals surface area contributed by atoms with E-state index < -0.39 is 5.82 Å². The molecule has 1 aliphatic rings. The van der Waals surface area contributed by atoms with Gasteiger partial charge in [-0.1, -0.05) is 13.0 Å². The molecule has 8 nitrogen and oxygen atoms in total. The van der Waals surface area contributed by atoms with Crippen molar-refractivity contribution in [3.8, 4) is 11.8 Å². The molecule has 168 valence electrons. The standard InChI is InChI=1S/C25H20FN7O/c1-3-20-24-31-28-14-32(24)23-15(2)29-22(12-21(34)17-7-9-18(26)10-8-17)30-25(23)33(20)19-6-4-5-16(11-19)13-27/h4-11,14,20H,3,12H2,1-2H3. The smallest absolute Gasteiger partial charge is 0.170 e. The molecule has 34 heavy (non-hydrogen) atoms. The fourth-order valence-corrected chi connectivity index (χ4v) is 4.32. The van der Waals surface area contributed by atoms with Crippen molar-refractivity contribution in [2.75, 3.05) is 4.90 Å². The average molecular weight is 453 g/mol. The van der Waals surface area contributed by atoms with Gasteiger partial charge in [0, 0.05) is 11.3 Å². The van der Waals surface area contributed by atoms with Crippen molar-refractivity contribution in [2.45, 2.75) is 32.7 Å². The molecule has 9 heteroatoms. The second-order valence-electron chi connectivity index (χ2n) is 8.02. The van der Waals surface area contributed by atoms with Gasteiger partial charge in [0.2, 0.25) is 0 Å². The fraction of sp³-hybridized carbons (Fsp3) is 0.200. The van der Waals surface area contributed by atoms with Crippen molar-refractivity contribution in [2.24, 2.45) is 0 Å². The van der Waals surface area contributed by atoms with E-state index in [0.29, 0.717) is 34.9 Å². The molecule has 0 fully saturated rings. The van der Waals surface area contributed by atoms with Crippen molar-refractivity contribution in [3.63, 3.8) is 0 Å². The predicted octanol–water partition coefficient (Wildman–Crippen LogP) is 4.40. The van der Waals surface area contributed by atoms with Gasteiger partial charge in [0.1, 0.15) is 23.7 Å². The molecule has 2 aromatic heterocycles. The lowest BCUT2D eigenvalue weighted by Gasteiger charge is -2.37. The molecule has 0 amide bonds. The van der Waals surface area contributed by atoms with Crippen LogP contribution in [0.1, 0.15) is 52.7 Å². The number of carbonyl (C=O) groups is 1. The lowest BCUT2D eigenvalue weighted by molar-refractivity contribution is 0.0990. The molecule has 0 bridgehead atoms. The Bertz CT molecular complexity index is 1440. The Morgan fingerprint density at radius 2 is 1.97 bits per heavy atom. The van der Waals surface area contributed by atoms with E-state index in [2.05, 4.69) is 21.3 Å². The van der Waals surface area contributed by atoms with Crippen LogP contribution in [-0.2, 0) is 6.42 Å². The maximum Gasteiger partial charge on any atom is 0.170 e. The number of Topliss-reactive ketones (excluding diaryl/α,β-unsaturated/α-hetero) is 1. The molecule has 0 saturated carbocycles. The van der Waals surface area contributed by atoms with Crippen LogP contribution in [0.3, 0.4) is 0 Å². The Balaban J connectivity index is 1.64. The minimum atomic E-state index is -0.400. The van der Waals surface area contributed by atoms with E-state index in [0.717, 1.165) is 17.2 Å². The first-order valence-electron chi connectivity index (χ1n) is 10.9. The number of fused-ring (bicyclic) bond motifs is 3. The highest BCUT2D eigenvalue weighted by Gasteiger charge is 2.36. The van der Waals surface area contributed by atoms with E-state index in [1.807, 2.05) is 35.4 Å². The van der Waals surface area contributed by atoms with E-state index in [4.69, 9.17) is 4.98 Å². The molecule has 5 rings (SSSR count). The summed E-state index contributed by atoms with van der Waals surface area (Å²) in [6.07, 6.45) is 2.32. The van der Waals surface area contributed by atoms with Crippen LogP contribution in [0.25, 0.3) is 5.69 Å². The minimum Gasteiger partial charge on any atom is -0.314 e. The first kappa shape index (κ1) is 21.4. The monoisotopic (exact) mass is 453 g/mol. The van der Waals surface area contributed by atoms with Crippen LogP contribution in [0.5, 0.6) is 0 Å². The summed E-state index contributed by atoms with van der Waals surface area (Å²) in [6, 6.07) is 14.7. The number of benzene rings is 2. The number of nitriles is 1. The lowest BCUT2D eigenvalue weighted by Crippen LogP contribution is -2.33. The van der Waals surface area contributed by atoms with Crippen molar-refractivity contribution in [1.29, 1.82) is 5.26 Å². The summed E-state index contributed by atoms with van der Waals surface area (Å²) in [5.41, 5.74) is 3.11. The summed E-state index contributed by atoms with van der Waals surface area (Å²) in [7, 11) is 0. The SMILES string of the molecule is CCC1c2nncn2-c2c(C)nc(CC(=O)c3ccc(F)cc3)nc2N1c1cccc(C#N)c1. The Hall–Kier alpha value is -4.45. The third-order valence-electron chi connectivity index (χ3n) is 5.86. The number of aromatic nitrogens is 5. The van der Waals surface area contributed by atoms with Gasteiger partial charge in [0.05, 0.1) is 29.8 Å². The van der Waals surface area contributed by atoms with Crippen molar-refractivity contribution >= 4 is 17.3 Å². The molecule has 0 radical (unpaired) electrons. The molecule has 3 heterocycles. The summed E-state index contributed by atoms with van der Waals surface area (Å²) in [6.45, 7) is 3.90. The lowest BCUT2D eigenvalue weighted by atomic mass is 10.0. The van der Waals surface area contributed by atoms with Gasteiger partial charge >= 0.3 is 0 Å². The van der Waals surface area contributed by atoms with E-state index in [1.165, 1.54) is 24.3 Å². The number of carbonyl (C=O) groups excluding carboxylic acids is 1. The molecule has 4 aromatic rings. The van der Waals surface area contributed by atoms with Gasteiger partial charge < -0.3 is 4.90 Å². The number of hydrogen-bond acceptors (Lipinski definition) is 7. The normalized spacial score (nSPS) is 14.3. The molecule has 0 spiro atoms. The first-order chi connectivity index (χ1) is 16.5. The van der Waals surface area contributed by atoms with E-state index in [-0.39, 0.29) is 18.2 Å². The van der Waals surface area contributed by atoms with E-state index >= 15 is 0 Å². The van der Waals surface area contributed by atoms with Crippen molar-refractivity contribution in [3.05, 3.63) is 89.1 Å². The van der Waals surface area contributed by atoms with Crippen LogP contribution < -0.4 is 4.90 Å². The summed E-state index contributed by atoms with van der Waals surface area (Å²) >= 11 is 0. The van der Waals surface area contributed by atoms with Gasteiger partial charge in [-0.3, -0.25) is 9.36 Å². The molecule has 1 unspecified atom stereocenters. The molecular weight excluding hydrogens is 433 g/mol. The topological polar surface area (TPSA) is 101 Å². The zero-order valence-electron chi connectivity index (χ0n) is 18.6.